The van der Waals surface area contributed by atoms with Crippen molar-refractivity contribution in [2.45, 2.75) is 38.5 Å². The molecule has 0 aromatic heterocycles. The molecule has 1 rings (SSSR count). The third-order valence-electron chi connectivity index (χ3n) is 2.69. The summed E-state index contributed by atoms with van der Waals surface area (Å²) in [7, 11) is 0. The van der Waals surface area contributed by atoms with Crippen LogP contribution in [-0.4, -0.2) is 33.7 Å². The molecule has 9 heteroatoms. The summed E-state index contributed by atoms with van der Waals surface area (Å²) in [5, 5.41) is 33.8. The summed E-state index contributed by atoms with van der Waals surface area (Å²) in [4.78, 5) is 32.7. The minimum atomic E-state index is -1.77. The molecule has 0 radical (unpaired) electrons. The van der Waals surface area contributed by atoms with Crippen molar-refractivity contribution in [1.29, 1.82) is 0 Å². The molecule has 0 saturated heterocycles. The third kappa shape index (κ3) is 5.55. The van der Waals surface area contributed by atoms with Gasteiger partial charge in [0.2, 0.25) is 0 Å². The van der Waals surface area contributed by atoms with Crippen LogP contribution < -0.4 is 10.4 Å². The molecule has 0 spiro atoms. The third-order valence-corrected chi connectivity index (χ3v) is 2.69. The molecule has 0 fully saturated rings. The van der Waals surface area contributed by atoms with E-state index in [-0.39, 0.29) is 11.3 Å². The summed E-state index contributed by atoms with van der Waals surface area (Å²) >= 11 is 0. The van der Waals surface area contributed by atoms with Crippen LogP contribution in [0.1, 0.15) is 32.4 Å². The molecule has 0 saturated carbocycles. The number of aliphatic carboxylic acids is 1. The summed E-state index contributed by atoms with van der Waals surface area (Å²) in [5.41, 5.74) is -0.995. The molecule has 0 unspecified atom stereocenters. The zero-order valence-electron chi connectivity index (χ0n) is 12.8. The van der Waals surface area contributed by atoms with Gasteiger partial charge in [-0.3, -0.25) is 10.1 Å². The van der Waals surface area contributed by atoms with Crippen molar-refractivity contribution in [3.63, 3.8) is 0 Å². The van der Waals surface area contributed by atoms with Gasteiger partial charge < -0.3 is 25.1 Å². The zero-order valence-corrected chi connectivity index (χ0v) is 12.8. The van der Waals surface area contributed by atoms with E-state index in [9.17, 15) is 29.9 Å². The number of carbonyl (C=O) groups is 2. The number of hydrogen-bond acceptors (Lipinski definition) is 7. The first-order valence-corrected chi connectivity index (χ1v) is 6.64. The quantitative estimate of drug-likeness (QED) is 0.584. The van der Waals surface area contributed by atoms with Crippen LogP contribution >= 0.6 is 0 Å². The Morgan fingerprint density at radius 1 is 1.26 bits per heavy atom. The van der Waals surface area contributed by atoms with Gasteiger partial charge >= 0.3 is 6.09 Å². The Kier molecular flexibility index (Phi) is 5.63. The van der Waals surface area contributed by atoms with Crippen LogP contribution in [0.2, 0.25) is 0 Å². The second-order valence-electron chi connectivity index (χ2n) is 5.74. The molecule has 9 nitrogen and oxygen atoms in total. The molecule has 23 heavy (non-hydrogen) atoms. The molecule has 0 aliphatic carbocycles. The van der Waals surface area contributed by atoms with E-state index >= 15 is 0 Å². The summed E-state index contributed by atoms with van der Waals surface area (Å²) in [6.07, 6.45) is -2.69. The number of hydrogen-bond donors (Lipinski definition) is 2. The molecule has 1 aromatic carbocycles. The van der Waals surface area contributed by atoms with Gasteiger partial charge in [0.25, 0.3) is 5.69 Å². The highest BCUT2D eigenvalue weighted by atomic mass is 16.6. The van der Waals surface area contributed by atoms with Crippen LogP contribution in [0.25, 0.3) is 0 Å². The lowest BCUT2D eigenvalue weighted by Gasteiger charge is -2.27. The van der Waals surface area contributed by atoms with Gasteiger partial charge in [0, 0.05) is 12.1 Å². The van der Waals surface area contributed by atoms with Crippen molar-refractivity contribution < 1.29 is 29.5 Å². The van der Waals surface area contributed by atoms with Crippen molar-refractivity contribution in [3.8, 4) is 0 Å². The van der Waals surface area contributed by atoms with Gasteiger partial charge in [-0.2, -0.15) is 0 Å². The first-order chi connectivity index (χ1) is 10.5. The van der Waals surface area contributed by atoms with Crippen molar-refractivity contribution in [3.05, 3.63) is 39.9 Å². The number of ether oxygens (including phenoxy) is 1. The SMILES string of the molecule is CC(C)(C)OC(=O)N[C@@H](C(=O)[O-])[C@H](O)c1ccc([N+](=O)[O-])cc1. The predicted octanol–water partition coefficient (Wildman–Crippen LogP) is 0.271. The number of nitro groups is 1. The van der Waals surface area contributed by atoms with E-state index in [0.29, 0.717) is 0 Å². The van der Waals surface area contributed by atoms with Crippen molar-refractivity contribution in [2.75, 3.05) is 0 Å². The monoisotopic (exact) mass is 325 g/mol. The van der Waals surface area contributed by atoms with E-state index in [1.54, 1.807) is 20.8 Å². The molecule has 0 heterocycles. The number of non-ortho nitro benzene ring substituents is 1. The fourth-order valence-electron chi connectivity index (χ4n) is 1.69. The highest BCUT2D eigenvalue weighted by Gasteiger charge is 2.27. The van der Waals surface area contributed by atoms with Crippen LogP contribution in [0.15, 0.2) is 24.3 Å². The number of nitro benzene ring substituents is 1. The molecular weight excluding hydrogens is 308 g/mol. The molecule has 126 valence electrons. The van der Waals surface area contributed by atoms with Gasteiger partial charge in [-0.1, -0.05) is 0 Å². The fraction of sp³-hybridized carbons (Fsp3) is 0.429. The van der Waals surface area contributed by atoms with Crippen LogP contribution in [-0.2, 0) is 9.53 Å². The number of rotatable bonds is 5. The molecule has 2 atom stereocenters. The topological polar surface area (TPSA) is 142 Å². The Morgan fingerprint density at radius 3 is 2.17 bits per heavy atom. The number of nitrogens with one attached hydrogen (secondary N) is 1. The summed E-state index contributed by atoms with van der Waals surface area (Å²) < 4.78 is 4.91. The lowest BCUT2D eigenvalue weighted by molar-refractivity contribution is -0.384. The number of carboxylic acid groups (broad SMARTS) is 1. The number of alkyl carbamates (subject to hydrolysis) is 1. The van der Waals surface area contributed by atoms with Gasteiger partial charge in [0.1, 0.15) is 17.7 Å². The zero-order chi connectivity index (χ0) is 17.8. The van der Waals surface area contributed by atoms with Gasteiger partial charge in [-0.15, -0.1) is 0 Å². The van der Waals surface area contributed by atoms with Gasteiger partial charge in [-0.05, 0) is 38.5 Å². The highest BCUT2D eigenvalue weighted by molar-refractivity contribution is 5.79. The van der Waals surface area contributed by atoms with Gasteiger partial charge in [-0.25, -0.2) is 4.79 Å². The number of aliphatic hydroxyl groups is 1. The van der Waals surface area contributed by atoms with E-state index in [0.717, 1.165) is 12.1 Å². The lowest BCUT2D eigenvalue weighted by atomic mass is 10.0. The van der Waals surface area contributed by atoms with Gasteiger partial charge in [0.05, 0.1) is 10.9 Å². The second-order valence-corrected chi connectivity index (χ2v) is 5.74. The number of carboxylic acids is 1. The van der Waals surface area contributed by atoms with Gasteiger partial charge in [0.15, 0.2) is 0 Å². The number of benzene rings is 1. The van der Waals surface area contributed by atoms with E-state index < -0.39 is 34.7 Å². The highest BCUT2D eigenvalue weighted by Crippen LogP contribution is 2.20. The Labute approximate surface area is 132 Å². The number of nitrogens with zero attached hydrogens (tertiary/aromatic N) is 1. The van der Waals surface area contributed by atoms with Crippen molar-refractivity contribution in [1.82, 2.24) is 5.32 Å². The molecule has 2 N–H and O–H groups in total. The van der Waals surface area contributed by atoms with Crippen LogP contribution in [0.4, 0.5) is 10.5 Å². The summed E-state index contributed by atoms with van der Waals surface area (Å²) in [6.45, 7) is 4.77. The second kappa shape index (κ2) is 7.05. The first kappa shape index (κ1) is 18.4. The number of carbonyl (C=O) groups excluding carboxylic acids is 2. The van der Waals surface area contributed by atoms with E-state index in [1.807, 2.05) is 5.32 Å². The summed E-state index contributed by atoms with van der Waals surface area (Å²) in [5.74, 6) is -1.72. The smallest absolute Gasteiger partial charge is 0.408 e. The first-order valence-electron chi connectivity index (χ1n) is 6.64. The fourth-order valence-corrected chi connectivity index (χ4v) is 1.69. The maximum Gasteiger partial charge on any atom is 0.408 e. The maximum atomic E-state index is 11.6. The average Bonchev–Trinajstić information content (AvgIpc) is 2.42. The molecule has 0 aliphatic rings. The minimum absolute atomic E-state index is 0.0702. The lowest BCUT2D eigenvalue weighted by Crippen LogP contribution is -2.52. The van der Waals surface area contributed by atoms with E-state index in [1.165, 1.54) is 12.1 Å². The van der Waals surface area contributed by atoms with E-state index in [2.05, 4.69) is 0 Å². The predicted molar refractivity (Wildman–Crippen MR) is 76.2 cm³/mol. The molecule has 1 aromatic rings. The Balaban J connectivity index is 2.90. The number of aliphatic hydroxyl groups excluding tert-OH is 1. The molecule has 0 bridgehead atoms. The van der Waals surface area contributed by atoms with Crippen molar-refractivity contribution >= 4 is 17.7 Å². The van der Waals surface area contributed by atoms with Crippen LogP contribution in [0.3, 0.4) is 0 Å². The normalized spacial score (nSPS) is 13.7. The average molecular weight is 325 g/mol. The van der Waals surface area contributed by atoms with Crippen molar-refractivity contribution in [2.24, 2.45) is 0 Å². The largest absolute Gasteiger partial charge is 0.548 e. The van der Waals surface area contributed by atoms with E-state index in [4.69, 9.17) is 4.74 Å². The maximum absolute atomic E-state index is 11.6. The minimum Gasteiger partial charge on any atom is -0.548 e. The van der Waals surface area contributed by atoms with Crippen LogP contribution in [0, 0.1) is 10.1 Å². The Bertz CT molecular complexity index is 592. The summed E-state index contributed by atoms with van der Waals surface area (Å²) in [6, 6.07) is 2.83. The van der Waals surface area contributed by atoms with Crippen LogP contribution in [0.5, 0.6) is 0 Å². The molecule has 1 amide bonds. The molecular formula is C14H17N2O7-. The Hall–Kier alpha value is -2.68. The molecule has 0 aliphatic heterocycles. The standard InChI is InChI=1S/C14H18N2O7/c1-14(2,3)23-13(20)15-10(12(18)19)11(17)8-4-6-9(7-5-8)16(21)22/h4-7,10-11,17H,1-3H3,(H,15,20)(H,18,19)/p-1/t10-,11-/m1/s1. The number of amides is 1. The Morgan fingerprint density at radius 2 is 1.78 bits per heavy atom.